The third kappa shape index (κ3) is 1.46. The van der Waals surface area contributed by atoms with Gasteiger partial charge in [0.25, 0.3) is 5.91 Å². The fourth-order valence-electron chi connectivity index (χ4n) is 1.70. The lowest BCUT2D eigenvalue weighted by Gasteiger charge is -2.21. The summed E-state index contributed by atoms with van der Waals surface area (Å²) in [6, 6.07) is 6.48. The van der Waals surface area contributed by atoms with Crippen molar-refractivity contribution in [2.45, 2.75) is 5.92 Å². The van der Waals surface area contributed by atoms with Gasteiger partial charge < -0.3 is 4.74 Å². The maximum atomic E-state index is 11.5. The fraction of sp³-hybridized carbons (Fsp3) is 0.182. The van der Waals surface area contributed by atoms with Crippen LogP contribution in [-0.2, 0) is 14.3 Å². The van der Waals surface area contributed by atoms with Crippen molar-refractivity contribution >= 4 is 17.8 Å². The third-order valence-electron chi connectivity index (χ3n) is 2.45. The Kier molecular flexibility index (Phi) is 2.44. The highest BCUT2D eigenvalue weighted by atomic mass is 16.5. The number of imide groups is 1. The molecule has 1 N–H and O–H groups in total. The molecule has 1 heterocycles. The van der Waals surface area contributed by atoms with Gasteiger partial charge in [-0.1, -0.05) is 18.2 Å². The molecule has 0 saturated heterocycles. The molecule has 5 heteroatoms. The lowest BCUT2D eigenvalue weighted by atomic mass is 9.90. The summed E-state index contributed by atoms with van der Waals surface area (Å²) < 4.78 is 4.54. The first kappa shape index (κ1) is 10.4. The first-order valence-electron chi connectivity index (χ1n) is 4.67. The Balaban J connectivity index is 2.55. The second-order valence-electron chi connectivity index (χ2n) is 3.36. The molecule has 1 aliphatic heterocycles. The van der Waals surface area contributed by atoms with E-state index in [1.54, 1.807) is 24.3 Å². The Bertz CT molecular complexity index is 481. The number of hydrogen-bond acceptors (Lipinski definition) is 4. The fourth-order valence-corrected chi connectivity index (χ4v) is 1.70. The van der Waals surface area contributed by atoms with Crippen LogP contribution >= 0.6 is 0 Å². The van der Waals surface area contributed by atoms with Gasteiger partial charge in [0.1, 0.15) is 0 Å². The Morgan fingerprint density at radius 1 is 1.31 bits per heavy atom. The maximum Gasteiger partial charge on any atom is 0.322 e. The lowest BCUT2D eigenvalue weighted by Crippen LogP contribution is -2.43. The minimum atomic E-state index is -1.06. The molecule has 1 aromatic rings. The quantitative estimate of drug-likeness (QED) is 0.416. The summed E-state index contributed by atoms with van der Waals surface area (Å²) in [5, 5.41) is 2.12. The molecule has 0 fully saturated rings. The highest BCUT2D eigenvalue weighted by Crippen LogP contribution is 2.25. The van der Waals surface area contributed by atoms with E-state index in [4.69, 9.17) is 0 Å². The van der Waals surface area contributed by atoms with E-state index >= 15 is 0 Å². The molecule has 2 rings (SSSR count). The molecule has 82 valence electrons. The first-order valence-corrected chi connectivity index (χ1v) is 4.67. The summed E-state index contributed by atoms with van der Waals surface area (Å²) in [4.78, 5) is 34.5. The average Bonchev–Trinajstić information content (AvgIpc) is 2.28. The van der Waals surface area contributed by atoms with E-state index in [9.17, 15) is 14.4 Å². The lowest BCUT2D eigenvalue weighted by molar-refractivity contribution is -0.146. The second kappa shape index (κ2) is 3.77. The first-order chi connectivity index (χ1) is 7.65. The van der Waals surface area contributed by atoms with Crippen LogP contribution in [0.1, 0.15) is 21.8 Å². The number of rotatable bonds is 1. The molecular formula is C11H9NO4. The van der Waals surface area contributed by atoms with Crippen molar-refractivity contribution in [1.29, 1.82) is 0 Å². The molecule has 0 aromatic heterocycles. The van der Waals surface area contributed by atoms with Crippen LogP contribution in [0, 0.1) is 0 Å². The van der Waals surface area contributed by atoms with Crippen molar-refractivity contribution in [2.24, 2.45) is 0 Å². The summed E-state index contributed by atoms with van der Waals surface area (Å²) in [5.74, 6) is -2.85. The maximum absolute atomic E-state index is 11.5. The molecule has 0 spiro atoms. The van der Waals surface area contributed by atoms with E-state index in [0.29, 0.717) is 11.1 Å². The van der Waals surface area contributed by atoms with Gasteiger partial charge in [0, 0.05) is 5.56 Å². The van der Waals surface area contributed by atoms with Gasteiger partial charge in [-0.15, -0.1) is 0 Å². The van der Waals surface area contributed by atoms with Crippen LogP contribution in [0.3, 0.4) is 0 Å². The van der Waals surface area contributed by atoms with E-state index in [0.717, 1.165) is 0 Å². The number of hydrogen-bond donors (Lipinski definition) is 1. The number of methoxy groups -OCH3 is 1. The van der Waals surface area contributed by atoms with Crippen LogP contribution in [0.15, 0.2) is 24.3 Å². The summed E-state index contributed by atoms with van der Waals surface area (Å²) in [6.45, 7) is 0. The minimum absolute atomic E-state index is 0.331. The van der Waals surface area contributed by atoms with Crippen LogP contribution in [0.5, 0.6) is 0 Å². The van der Waals surface area contributed by atoms with Gasteiger partial charge in [-0.25, -0.2) is 0 Å². The number of benzene rings is 1. The molecule has 1 atom stereocenters. The largest absolute Gasteiger partial charge is 0.468 e. The van der Waals surface area contributed by atoms with Crippen LogP contribution < -0.4 is 5.32 Å². The minimum Gasteiger partial charge on any atom is -0.468 e. The van der Waals surface area contributed by atoms with Gasteiger partial charge in [-0.05, 0) is 11.6 Å². The van der Waals surface area contributed by atoms with Crippen molar-refractivity contribution in [3.05, 3.63) is 35.4 Å². The SMILES string of the molecule is COC(=O)C1C(=O)NC(=O)c2ccccc21. The summed E-state index contributed by atoms with van der Waals surface area (Å²) in [6.07, 6.45) is 0. The van der Waals surface area contributed by atoms with E-state index in [1.807, 2.05) is 0 Å². The monoisotopic (exact) mass is 219 g/mol. The summed E-state index contributed by atoms with van der Waals surface area (Å²) in [7, 11) is 1.20. The Hall–Kier alpha value is -2.17. The van der Waals surface area contributed by atoms with Crippen molar-refractivity contribution in [2.75, 3.05) is 7.11 Å². The molecule has 1 aromatic carbocycles. The standard InChI is InChI=1S/C11H9NO4/c1-16-11(15)8-6-4-2-3-5-7(6)9(13)12-10(8)14/h2-5,8H,1H3,(H,12,13,14). The predicted octanol–water partition coefficient (Wildman–Crippen LogP) is 0.213. The number of nitrogens with one attached hydrogen (secondary N) is 1. The van der Waals surface area contributed by atoms with E-state index in [-0.39, 0.29) is 0 Å². The zero-order valence-electron chi connectivity index (χ0n) is 8.52. The van der Waals surface area contributed by atoms with Gasteiger partial charge in [0.05, 0.1) is 7.11 Å². The number of carbonyl (C=O) groups is 3. The predicted molar refractivity (Wildman–Crippen MR) is 53.7 cm³/mol. The molecule has 1 unspecified atom stereocenters. The molecule has 1 aliphatic rings. The van der Waals surface area contributed by atoms with Gasteiger partial charge in [0.15, 0.2) is 5.92 Å². The van der Waals surface area contributed by atoms with Gasteiger partial charge in [-0.2, -0.15) is 0 Å². The van der Waals surface area contributed by atoms with Crippen LogP contribution in [0.2, 0.25) is 0 Å². The number of ether oxygens (including phenoxy) is 1. The molecule has 5 nitrogen and oxygen atoms in total. The second-order valence-corrected chi connectivity index (χ2v) is 3.36. The number of fused-ring (bicyclic) bond motifs is 1. The number of amides is 2. The molecule has 2 amide bonds. The van der Waals surface area contributed by atoms with E-state index < -0.39 is 23.7 Å². The van der Waals surface area contributed by atoms with E-state index in [1.165, 1.54) is 7.11 Å². The highest BCUT2D eigenvalue weighted by molar-refractivity contribution is 6.18. The zero-order valence-corrected chi connectivity index (χ0v) is 8.52. The van der Waals surface area contributed by atoms with E-state index in [2.05, 4.69) is 10.1 Å². The average molecular weight is 219 g/mol. The van der Waals surface area contributed by atoms with Gasteiger partial charge in [-0.3, -0.25) is 19.7 Å². The van der Waals surface area contributed by atoms with Crippen molar-refractivity contribution in [3.8, 4) is 0 Å². The summed E-state index contributed by atoms with van der Waals surface area (Å²) in [5.41, 5.74) is 0.723. The molecule has 0 bridgehead atoms. The topological polar surface area (TPSA) is 72.5 Å². The van der Waals surface area contributed by atoms with Crippen molar-refractivity contribution in [1.82, 2.24) is 5.32 Å². The van der Waals surface area contributed by atoms with Crippen LogP contribution in [0.25, 0.3) is 0 Å². The summed E-state index contributed by atoms with van der Waals surface area (Å²) >= 11 is 0. The number of carbonyl (C=O) groups excluding carboxylic acids is 3. The van der Waals surface area contributed by atoms with Crippen LogP contribution in [0.4, 0.5) is 0 Å². The molecule has 0 aliphatic carbocycles. The van der Waals surface area contributed by atoms with Crippen LogP contribution in [-0.4, -0.2) is 24.9 Å². The molecular weight excluding hydrogens is 210 g/mol. The molecule has 0 saturated carbocycles. The van der Waals surface area contributed by atoms with Gasteiger partial charge >= 0.3 is 5.97 Å². The normalized spacial score (nSPS) is 18.7. The Labute approximate surface area is 91.4 Å². The third-order valence-corrected chi connectivity index (χ3v) is 2.45. The van der Waals surface area contributed by atoms with Crippen molar-refractivity contribution in [3.63, 3.8) is 0 Å². The smallest absolute Gasteiger partial charge is 0.322 e. The Morgan fingerprint density at radius 2 is 2.00 bits per heavy atom. The molecule has 0 radical (unpaired) electrons. The number of esters is 1. The molecule has 16 heavy (non-hydrogen) atoms. The van der Waals surface area contributed by atoms with Crippen molar-refractivity contribution < 1.29 is 19.1 Å². The van der Waals surface area contributed by atoms with Gasteiger partial charge in [0.2, 0.25) is 5.91 Å². The Morgan fingerprint density at radius 3 is 2.69 bits per heavy atom. The zero-order chi connectivity index (χ0) is 11.7. The highest BCUT2D eigenvalue weighted by Gasteiger charge is 2.37.